The van der Waals surface area contributed by atoms with Crippen molar-refractivity contribution in [2.24, 2.45) is 5.92 Å². The fourth-order valence-corrected chi connectivity index (χ4v) is 3.94. The van der Waals surface area contributed by atoms with Crippen LogP contribution in [-0.4, -0.2) is 40.9 Å². The molecule has 3 aliphatic heterocycles. The van der Waals surface area contributed by atoms with Gasteiger partial charge in [-0.2, -0.15) is 0 Å². The van der Waals surface area contributed by atoms with E-state index in [1.807, 2.05) is 35.0 Å². The molecule has 4 nitrogen and oxygen atoms in total. The predicted octanol–water partition coefficient (Wildman–Crippen LogP) is 2.53. The standard InChI is InChI=1S/C16H18BrN3O/c17-13-3-6-20-9-12(7-14(20)8-13)16(21)18-15-10-19-4-1-11(15)2-5-19/h3,6-9,11,15H,1-2,4-5,10H2,(H,18,21). The minimum absolute atomic E-state index is 0.0496. The summed E-state index contributed by atoms with van der Waals surface area (Å²) in [6.07, 6.45) is 6.30. The van der Waals surface area contributed by atoms with Crippen LogP contribution in [0.4, 0.5) is 0 Å². The number of fused-ring (bicyclic) bond motifs is 4. The van der Waals surface area contributed by atoms with Crippen LogP contribution >= 0.6 is 15.9 Å². The molecule has 5 heterocycles. The zero-order valence-electron chi connectivity index (χ0n) is 11.8. The number of amides is 1. The molecule has 110 valence electrons. The van der Waals surface area contributed by atoms with E-state index >= 15 is 0 Å². The van der Waals surface area contributed by atoms with Crippen LogP contribution in [0.1, 0.15) is 23.2 Å². The molecule has 21 heavy (non-hydrogen) atoms. The number of nitrogens with one attached hydrogen (secondary N) is 1. The lowest BCUT2D eigenvalue weighted by Crippen LogP contribution is -2.57. The highest BCUT2D eigenvalue weighted by Gasteiger charge is 2.35. The van der Waals surface area contributed by atoms with E-state index in [1.54, 1.807) is 0 Å². The summed E-state index contributed by atoms with van der Waals surface area (Å²) < 4.78 is 3.01. The number of pyridine rings is 1. The molecule has 2 aromatic rings. The van der Waals surface area contributed by atoms with Crippen molar-refractivity contribution in [3.05, 3.63) is 40.6 Å². The van der Waals surface area contributed by atoms with Crippen LogP contribution in [-0.2, 0) is 0 Å². The molecule has 0 aliphatic carbocycles. The third-order valence-corrected chi connectivity index (χ3v) is 5.29. The summed E-state index contributed by atoms with van der Waals surface area (Å²) in [7, 11) is 0. The van der Waals surface area contributed by atoms with Gasteiger partial charge in [-0.05, 0) is 50.0 Å². The zero-order valence-corrected chi connectivity index (χ0v) is 13.3. The zero-order chi connectivity index (χ0) is 14.4. The first-order valence-corrected chi connectivity index (χ1v) is 8.29. The van der Waals surface area contributed by atoms with E-state index in [9.17, 15) is 4.79 Å². The van der Waals surface area contributed by atoms with Gasteiger partial charge in [-0.3, -0.25) is 4.79 Å². The van der Waals surface area contributed by atoms with Gasteiger partial charge in [-0.25, -0.2) is 0 Å². The Morgan fingerprint density at radius 1 is 1.29 bits per heavy atom. The van der Waals surface area contributed by atoms with Crippen molar-refractivity contribution in [1.82, 2.24) is 14.6 Å². The van der Waals surface area contributed by atoms with E-state index in [0.717, 1.165) is 22.1 Å². The van der Waals surface area contributed by atoms with Gasteiger partial charge in [0.15, 0.2) is 0 Å². The average molecular weight is 348 g/mol. The maximum Gasteiger partial charge on any atom is 0.253 e. The summed E-state index contributed by atoms with van der Waals surface area (Å²) >= 11 is 3.46. The Morgan fingerprint density at radius 3 is 2.81 bits per heavy atom. The summed E-state index contributed by atoms with van der Waals surface area (Å²) in [6.45, 7) is 3.40. The van der Waals surface area contributed by atoms with Crippen molar-refractivity contribution in [1.29, 1.82) is 0 Å². The van der Waals surface area contributed by atoms with Crippen LogP contribution in [0.3, 0.4) is 0 Å². The number of halogens is 1. The molecule has 3 aliphatic rings. The van der Waals surface area contributed by atoms with Crippen LogP contribution < -0.4 is 5.32 Å². The number of hydrogen-bond acceptors (Lipinski definition) is 2. The van der Waals surface area contributed by atoms with Crippen molar-refractivity contribution in [3.8, 4) is 0 Å². The Balaban J connectivity index is 1.53. The monoisotopic (exact) mass is 347 g/mol. The van der Waals surface area contributed by atoms with Crippen LogP contribution in [0.15, 0.2) is 35.1 Å². The van der Waals surface area contributed by atoms with Gasteiger partial charge in [0.25, 0.3) is 5.91 Å². The maximum absolute atomic E-state index is 12.5. The van der Waals surface area contributed by atoms with E-state index in [1.165, 1.54) is 25.9 Å². The van der Waals surface area contributed by atoms with Gasteiger partial charge >= 0.3 is 0 Å². The van der Waals surface area contributed by atoms with Gasteiger partial charge in [0.2, 0.25) is 0 Å². The molecule has 3 fully saturated rings. The molecule has 0 spiro atoms. The summed E-state index contributed by atoms with van der Waals surface area (Å²) in [6, 6.07) is 6.25. The number of rotatable bonds is 2. The normalized spacial score (nSPS) is 28.0. The quantitative estimate of drug-likeness (QED) is 0.906. The van der Waals surface area contributed by atoms with Crippen molar-refractivity contribution < 1.29 is 4.79 Å². The Hall–Kier alpha value is -1.33. The fourth-order valence-electron chi connectivity index (χ4n) is 3.59. The largest absolute Gasteiger partial charge is 0.348 e. The van der Waals surface area contributed by atoms with Crippen LogP contribution in [0.2, 0.25) is 0 Å². The van der Waals surface area contributed by atoms with Crippen LogP contribution in [0, 0.1) is 5.92 Å². The third kappa shape index (κ3) is 2.49. The van der Waals surface area contributed by atoms with Crippen LogP contribution in [0.5, 0.6) is 0 Å². The molecule has 1 amide bonds. The SMILES string of the molecule is O=C(NC1CN2CCC1CC2)c1cc2cc(Br)ccn2c1. The van der Waals surface area contributed by atoms with E-state index in [4.69, 9.17) is 0 Å². The van der Waals surface area contributed by atoms with E-state index in [0.29, 0.717) is 12.0 Å². The molecule has 1 N–H and O–H groups in total. The van der Waals surface area contributed by atoms with Crippen molar-refractivity contribution in [3.63, 3.8) is 0 Å². The molecule has 2 bridgehead atoms. The highest BCUT2D eigenvalue weighted by atomic mass is 79.9. The van der Waals surface area contributed by atoms with E-state index < -0.39 is 0 Å². The molecular weight excluding hydrogens is 330 g/mol. The Bertz CT molecular complexity index is 688. The Labute approximate surface area is 132 Å². The first-order valence-electron chi connectivity index (χ1n) is 7.49. The molecule has 5 heteroatoms. The van der Waals surface area contributed by atoms with Crippen molar-refractivity contribution in [2.75, 3.05) is 19.6 Å². The minimum atomic E-state index is 0.0496. The predicted molar refractivity (Wildman–Crippen MR) is 85.5 cm³/mol. The second kappa shape index (κ2) is 5.14. The van der Waals surface area contributed by atoms with Gasteiger partial charge in [0, 0.05) is 35.0 Å². The maximum atomic E-state index is 12.5. The molecule has 3 saturated heterocycles. The topological polar surface area (TPSA) is 36.8 Å². The molecule has 0 radical (unpaired) electrons. The second-order valence-electron chi connectivity index (χ2n) is 6.12. The van der Waals surface area contributed by atoms with Gasteiger partial charge in [-0.15, -0.1) is 0 Å². The number of carbonyl (C=O) groups excluding carboxylic acids is 1. The molecule has 0 saturated carbocycles. The van der Waals surface area contributed by atoms with E-state index in [2.05, 4.69) is 26.1 Å². The fraction of sp³-hybridized carbons (Fsp3) is 0.438. The summed E-state index contributed by atoms with van der Waals surface area (Å²) in [5.74, 6) is 0.707. The molecule has 1 unspecified atom stereocenters. The summed E-state index contributed by atoms with van der Waals surface area (Å²) in [4.78, 5) is 14.9. The highest BCUT2D eigenvalue weighted by molar-refractivity contribution is 9.10. The highest BCUT2D eigenvalue weighted by Crippen LogP contribution is 2.27. The van der Waals surface area contributed by atoms with Gasteiger partial charge in [0.1, 0.15) is 0 Å². The minimum Gasteiger partial charge on any atom is -0.348 e. The van der Waals surface area contributed by atoms with Gasteiger partial charge in [0.05, 0.1) is 5.56 Å². The van der Waals surface area contributed by atoms with Crippen molar-refractivity contribution >= 4 is 27.4 Å². The number of piperidine rings is 3. The Kier molecular flexibility index (Phi) is 3.27. The number of aromatic nitrogens is 1. The smallest absolute Gasteiger partial charge is 0.253 e. The number of carbonyl (C=O) groups is 1. The lowest BCUT2D eigenvalue weighted by molar-refractivity contribution is 0.0620. The number of nitrogens with zero attached hydrogens (tertiary/aromatic N) is 2. The lowest BCUT2D eigenvalue weighted by atomic mass is 9.84. The molecule has 2 aromatic heterocycles. The van der Waals surface area contributed by atoms with E-state index in [-0.39, 0.29) is 5.91 Å². The second-order valence-corrected chi connectivity index (χ2v) is 7.04. The Morgan fingerprint density at radius 2 is 2.10 bits per heavy atom. The molecular formula is C16H18BrN3O. The molecule has 1 atom stereocenters. The lowest BCUT2D eigenvalue weighted by Gasteiger charge is -2.44. The first kappa shape index (κ1) is 13.3. The summed E-state index contributed by atoms with van der Waals surface area (Å²) in [5.41, 5.74) is 1.77. The number of hydrogen-bond donors (Lipinski definition) is 1. The summed E-state index contributed by atoms with van der Waals surface area (Å²) in [5, 5.41) is 3.24. The molecule has 5 rings (SSSR count). The molecule has 0 aromatic carbocycles. The van der Waals surface area contributed by atoms with Gasteiger partial charge in [-0.1, -0.05) is 15.9 Å². The first-order chi connectivity index (χ1) is 10.2. The average Bonchev–Trinajstić information content (AvgIpc) is 2.91. The van der Waals surface area contributed by atoms with Crippen LogP contribution in [0.25, 0.3) is 5.52 Å². The van der Waals surface area contributed by atoms with Gasteiger partial charge < -0.3 is 14.6 Å². The third-order valence-electron chi connectivity index (χ3n) is 4.79. The van der Waals surface area contributed by atoms with Crippen molar-refractivity contribution in [2.45, 2.75) is 18.9 Å².